The van der Waals surface area contributed by atoms with Crippen molar-refractivity contribution in [2.75, 3.05) is 32.6 Å². The lowest BCUT2D eigenvalue weighted by molar-refractivity contribution is -0.148. The molecule has 0 aliphatic rings. The molecule has 0 saturated carbocycles. The van der Waals surface area contributed by atoms with Gasteiger partial charge in [0.15, 0.2) is 0 Å². The summed E-state index contributed by atoms with van der Waals surface area (Å²) in [5, 5.41) is 0. The van der Waals surface area contributed by atoms with E-state index in [1.165, 1.54) is 16.7 Å². The molecule has 1 aromatic carbocycles. The van der Waals surface area contributed by atoms with Gasteiger partial charge in [0.25, 0.3) is 0 Å². The van der Waals surface area contributed by atoms with Crippen LogP contribution in [0.4, 0.5) is 0 Å². The van der Waals surface area contributed by atoms with Crippen LogP contribution in [-0.2, 0) is 14.3 Å². The molecule has 0 heterocycles. The molecule has 0 unspecified atom stereocenters. The van der Waals surface area contributed by atoms with Gasteiger partial charge in [-0.2, -0.15) is 0 Å². The van der Waals surface area contributed by atoms with Gasteiger partial charge in [0.05, 0.1) is 19.5 Å². The number of likely N-dealkylation sites (N-methyl/N-ethyl adjacent to an activating group) is 1. The van der Waals surface area contributed by atoms with Gasteiger partial charge in [-0.1, -0.05) is 0 Å². The van der Waals surface area contributed by atoms with Gasteiger partial charge in [0, 0.05) is 11.4 Å². The van der Waals surface area contributed by atoms with Crippen LogP contribution >= 0.6 is 11.8 Å². The standard InChI is InChI=1S/C15H21NO4S/c1-4-16(10-15(18)20-5-2)14(17)11-21-13-8-6-12(19-3)7-9-13/h6-9H,4-5,10-11H2,1-3H3. The average Bonchev–Trinajstić information content (AvgIpc) is 2.51. The lowest BCUT2D eigenvalue weighted by Crippen LogP contribution is -2.37. The van der Waals surface area contributed by atoms with Crippen molar-refractivity contribution in [2.24, 2.45) is 0 Å². The molecule has 0 atom stereocenters. The van der Waals surface area contributed by atoms with Crippen molar-refractivity contribution < 1.29 is 19.1 Å². The van der Waals surface area contributed by atoms with Gasteiger partial charge in [-0.3, -0.25) is 9.59 Å². The number of methoxy groups -OCH3 is 1. The van der Waals surface area contributed by atoms with Gasteiger partial charge < -0.3 is 14.4 Å². The molecular weight excluding hydrogens is 290 g/mol. The van der Waals surface area contributed by atoms with E-state index in [-0.39, 0.29) is 18.4 Å². The Labute approximate surface area is 129 Å². The summed E-state index contributed by atoms with van der Waals surface area (Å²) in [5.74, 6) is 0.622. The van der Waals surface area contributed by atoms with Crippen LogP contribution in [-0.4, -0.2) is 49.3 Å². The molecule has 0 fully saturated rings. The number of nitrogens with zero attached hydrogens (tertiary/aromatic N) is 1. The van der Waals surface area contributed by atoms with Gasteiger partial charge >= 0.3 is 5.97 Å². The zero-order chi connectivity index (χ0) is 15.7. The van der Waals surface area contributed by atoms with Crippen LogP contribution in [0.3, 0.4) is 0 Å². The third-order valence-corrected chi connectivity index (χ3v) is 3.78. The highest BCUT2D eigenvalue weighted by Crippen LogP contribution is 2.21. The van der Waals surface area contributed by atoms with E-state index in [1.54, 1.807) is 14.0 Å². The second-order valence-electron chi connectivity index (χ2n) is 4.18. The SMILES string of the molecule is CCOC(=O)CN(CC)C(=O)CSc1ccc(OC)cc1. The number of rotatable bonds is 8. The molecule has 0 spiro atoms. The Hall–Kier alpha value is -1.69. The molecule has 0 N–H and O–H groups in total. The average molecular weight is 311 g/mol. The third-order valence-electron chi connectivity index (χ3n) is 2.78. The molecule has 0 aromatic heterocycles. The first kappa shape index (κ1) is 17.4. The molecule has 0 bridgehead atoms. The Morgan fingerprint density at radius 3 is 2.38 bits per heavy atom. The summed E-state index contributed by atoms with van der Waals surface area (Å²) < 4.78 is 9.94. The van der Waals surface area contributed by atoms with Crippen LogP contribution in [0.25, 0.3) is 0 Å². The molecule has 1 aromatic rings. The Morgan fingerprint density at radius 1 is 1.19 bits per heavy atom. The van der Waals surface area contributed by atoms with Gasteiger partial charge in [0.1, 0.15) is 12.3 Å². The predicted octanol–water partition coefficient (Wildman–Crippen LogP) is 2.20. The zero-order valence-electron chi connectivity index (χ0n) is 12.6. The lowest BCUT2D eigenvalue weighted by atomic mass is 10.3. The summed E-state index contributed by atoms with van der Waals surface area (Å²) in [5.41, 5.74) is 0. The summed E-state index contributed by atoms with van der Waals surface area (Å²) in [7, 11) is 1.61. The van der Waals surface area contributed by atoms with E-state index in [1.807, 2.05) is 31.2 Å². The molecule has 0 radical (unpaired) electrons. The maximum Gasteiger partial charge on any atom is 0.325 e. The van der Waals surface area contributed by atoms with E-state index >= 15 is 0 Å². The summed E-state index contributed by atoms with van der Waals surface area (Å²) in [6, 6.07) is 7.50. The second-order valence-corrected chi connectivity index (χ2v) is 5.23. The first-order valence-electron chi connectivity index (χ1n) is 6.80. The normalized spacial score (nSPS) is 10.0. The number of carbonyl (C=O) groups is 2. The minimum absolute atomic E-state index is 0.00630. The Morgan fingerprint density at radius 2 is 1.86 bits per heavy atom. The van der Waals surface area contributed by atoms with Crippen molar-refractivity contribution in [3.63, 3.8) is 0 Å². The summed E-state index contributed by atoms with van der Waals surface area (Å²) in [6.07, 6.45) is 0. The zero-order valence-corrected chi connectivity index (χ0v) is 13.4. The van der Waals surface area contributed by atoms with E-state index < -0.39 is 0 Å². The monoisotopic (exact) mass is 311 g/mol. The summed E-state index contributed by atoms with van der Waals surface area (Å²) in [4.78, 5) is 26.0. The van der Waals surface area contributed by atoms with Gasteiger partial charge in [-0.25, -0.2) is 0 Å². The second kappa shape index (κ2) is 9.28. The number of hydrogen-bond donors (Lipinski definition) is 0. The van der Waals surface area contributed by atoms with Crippen molar-refractivity contribution in [2.45, 2.75) is 18.7 Å². The fourth-order valence-corrected chi connectivity index (χ4v) is 2.45. The smallest absolute Gasteiger partial charge is 0.325 e. The predicted molar refractivity (Wildman–Crippen MR) is 82.6 cm³/mol. The maximum atomic E-state index is 12.1. The van der Waals surface area contributed by atoms with Crippen LogP contribution in [0.1, 0.15) is 13.8 Å². The van der Waals surface area contributed by atoms with Crippen LogP contribution < -0.4 is 4.74 Å². The van der Waals surface area contributed by atoms with Crippen LogP contribution in [0.2, 0.25) is 0 Å². The number of benzene rings is 1. The topological polar surface area (TPSA) is 55.8 Å². The molecule has 1 rings (SSSR count). The first-order valence-corrected chi connectivity index (χ1v) is 7.79. The summed E-state index contributed by atoms with van der Waals surface area (Å²) in [6.45, 7) is 4.41. The van der Waals surface area contributed by atoms with Crippen LogP contribution in [0, 0.1) is 0 Å². The molecule has 0 aliphatic carbocycles. The third kappa shape index (κ3) is 6.08. The highest BCUT2D eigenvalue weighted by atomic mass is 32.2. The molecule has 1 amide bonds. The fourth-order valence-electron chi connectivity index (χ4n) is 1.65. The van der Waals surface area contributed by atoms with Crippen molar-refractivity contribution in [3.05, 3.63) is 24.3 Å². The van der Waals surface area contributed by atoms with Gasteiger partial charge in [-0.15, -0.1) is 11.8 Å². The largest absolute Gasteiger partial charge is 0.497 e. The van der Waals surface area contributed by atoms with Crippen molar-refractivity contribution in [1.82, 2.24) is 4.90 Å². The Bertz CT molecular complexity index is 461. The van der Waals surface area contributed by atoms with Gasteiger partial charge in [-0.05, 0) is 38.1 Å². The van der Waals surface area contributed by atoms with Crippen molar-refractivity contribution in [3.8, 4) is 5.75 Å². The minimum atomic E-state index is -0.373. The molecular formula is C15H21NO4S. The quantitative estimate of drug-likeness (QED) is 0.544. The van der Waals surface area contributed by atoms with E-state index in [9.17, 15) is 9.59 Å². The number of amides is 1. The van der Waals surface area contributed by atoms with E-state index in [0.717, 1.165) is 10.6 Å². The highest BCUT2D eigenvalue weighted by Gasteiger charge is 2.16. The number of ether oxygens (including phenoxy) is 2. The number of hydrogen-bond acceptors (Lipinski definition) is 5. The van der Waals surface area contributed by atoms with E-state index in [0.29, 0.717) is 18.9 Å². The summed E-state index contributed by atoms with van der Waals surface area (Å²) >= 11 is 1.43. The van der Waals surface area contributed by atoms with Crippen molar-refractivity contribution >= 4 is 23.6 Å². The maximum absolute atomic E-state index is 12.1. The fraction of sp³-hybridized carbons (Fsp3) is 0.467. The number of thioether (sulfide) groups is 1. The minimum Gasteiger partial charge on any atom is -0.497 e. The van der Waals surface area contributed by atoms with Crippen LogP contribution in [0.5, 0.6) is 5.75 Å². The molecule has 0 saturated heterocycles. The van der Waals surface area contributed by atoms with E-state index in [4.69, 9.17) is 9.47 Å². The highest BCUT2D eigenvalue weighted by molar-refractivity contribution is 8.00. The van der Waals surface area contributed by atoms with Gasteiger partial charge in [0.2, 0.25) is 5.91 Å². The Kier molecular flexibility index (Phi) is 7.68. The molecule has 116 valence electrons. The first-order chi connectivity index (χ1) is 10.1. The number of carbonyl (C=O) groups excluding carboxylic acids is 2. The molecule has 0 aliphatic heterocycles. The lowest BCUT2D eigenvalue weighted by Gasteiger charge is -2.19. The van der Waals surface area contributed by atoms with E-state index in [2.05, 4.69) is 0 Å². The number of esters is 1. The van der Waals surface area contributed by atoms with Crippen molar-refractivity contribution in [1.29, 1.82) is 0 Å². The van der Waals surface area contributed by atoms with Crippen LogP contribution in [0.15, 0.2) is 29.2 Å². The molecule has 5 nitrogen and oxygen atoms in total. The molecule has 6 heteroatoms. The molecule has 21 heavy (non-hydrogen) atoms. The Balaban J connectivity index is 2.47.